The van der Waals surface area contributed by atoms with Crippen LogP contribution in [0.15, 0.2) is 65.3 Å². The van der Waals surface area contributed by atoms with E-state index >= 15 is 0 Å². The van der Waals surface area contributed by atoms with E-state index in [1.165, 1.54) is 0 Å². The molecule has 0 radical (unpaired) electrons. The van der Waals surface area contributed by atoms with E-state index in [9.17, 15) is 15.3 Å². The van der Waals surface area contributed by atoms with Gasteiger partial charge in [0.25, 0.3) is 0 Å². The Balaban J connectivity index is 1.74. The fraction of sp³-hybridized carbons (Fsp3) is 0.174. The molecule has 1 atom stereocenters. The number of nitrogens with one attached hydrogen (secondary N) is 1. The van der Waals surface area contributed by atoms with Crippen molar-refractivity contribution in [3.63, 3.8) is 0 Å². The molecule has 0 bridgehead atoms. The Morgan fingerprint density at radius 2 is 1.87 bits per heavy atom. The first-order chi connectivity index (χ1) is 14.6. The summed E-state index contributed by atoms with van der Waals surface area (Å²) in [6.07, 6.45) is 1.70. The Hall–Kier alpha value is -4.23. The summed E-state index contributed by atoms with van der Waals surface area (Å²) < 4.78 is 0. The minimum Gasteiger partial charge on any atom is -0.384 e. The Morgan fingerprint density at radius 1 is 1.07 bits per heavy atom. The summed E-state index contributed by atoms with van der Waals surface area (Å²) in [6.45, 7) is 0.564. The molecule has 4 aliphatic heterocycles. The second-order valence-electron chi connectivity index (χ2n) is 7.81. The van der Waals surface area contributed by atoms with E-state index in [0.717, 1.165) is 35.5 Å². The van der Waals surface area contributed by atoms with Gasteiger partial charge in [-0.15, -0.1) is 0 Å². The van der Waals surface area contributed by atoms with Gasteiger partial charge >= 0.3 is 0 Å². The number of amides is 1. The Kier molecular flexibility index (Phi) is 3.02. The average molecular weight is 392 g/mol. The summed E-state index contributed by atoms with van der Waals surface area (Å²) in [7, 11) is 0. The Morgan fingerprint density at radius 3 is 2.67 bits per heavy atom. The number of para-hydroxylation sites is 3. The topological polar surface area (TPSA) is 109 Å². The van der Waals surface area contributed by atoms with Crippen LogP contribution in [0.4, 0.5) is 17.1 Å². The molecule has 0 aromatic heterocycles. The van der Waals surface area contributed by atoms with Gasteiger partial charge < -0.3 is 16.0 Å². The van der Waals surface area contributed by atoms with Crippen LogP contribution in [0.1, 0.15) is 17.5 Å². The maximum Gasteiger partial charge on any atom is 0.248 e. The lowest BCUT2D eigenvalue weighted by Gasteiger charge is -2.37. The van der Waals surface area contributed by atoms with E-state index in [-0.39, 0.29) is 22.9 Å². The number of anilines is 3. The average Bonchev–Trinajstić information content (AvgIpc) is 3.27. The van der Waals surface area contributed by atoms with Crippen molar-refractivity contribution in [3.8, 4) is 12.1 Å². The highest BCUT2D eigenvalue weighted by Gasteiger charge is 2.62. The van der Waals surface area contributed by atoms with Gasteiger partial charge in [-0.05, 0) is 30.5 Å². The number of hydrogen-bond donors (Lipinski definition) is 2. The second kappa shape index (κ2) is 5.43. The first kappa shape index (κ1) is 16.7. The third-order valence-corrected chi connectivity index (χ3v) is 6.52. The fourth-order valence-corrected chi connectivity index (χ4v) is 5.34. The van der Waals surface area contributed by atoms with E-state index in [0.29, 0.717) is 17.9 Å². The minimum absolute atomic E-state index is 0.106. The monoisotopic (exact) mass is 392 g/mol. The summed E-state index contributed by atoms with van der Waals surface area (Å²) in [5.74, 6) is 0.348. The number of nitrogens with zero attached hydrogens (tertiary/aromatic N) is 4. The van der Waals surface area contributed by atoms with E-state index in [1.807, 2.05) is 42.5 Å². The van der Waals surface area contributed by atoms with Crippen LogP contribution in [-0.2, 0) is 16.6 Å². The number of rotatable bonds is 0. The normalized spacial score (nSPS) is 23.1. The summed E-state index contributed by atoms with van der Waals surface area (Å²) in [5, 5.41) is 23.8. The van der Waals surface area contributed by atoms with Gasteiger partial charge in [-0.2, -0.15) is 10.5 Å². The largest absolute Gasteiger partial charge is 0.384 e. The van der Waals surface area contributed by atoms with Crippen molar-refractivity contribution >= 4 is 23.0 Å². The van der Waals surface area contributed by atoms with Crippen LogP contribution in [-0.4, -0.2) is 12.5 Å². The lowest BCUT2D eigenvalue weighted by atomic mass is 9.68. The molecular weight excluding hydrogens is 376 g/mol. The van der Waals surface area contributed by atoms with Crippen molar-refractivity contribution in [2.24, 2.45) is 5.73 Å². The van der Waals surface area contributed by atoms with Crippen molar-refractivity contribution in [1.82, 2.24) is 0 Å². The molecule has 7 nitrogen and oxygen atoms in total. The highest BCUT2D eigenvalue weighted by Crippen LogP contribution is 2.57. The van der Waals surface area contributed by atoms with Gasteiger partial charge in [-0.25, -0.2) is 0 Å². The number of nitriles is 2. The smallest absolute Gasteiger partial charge is 0.248 e. The van der Waals surface area contributed by atoms with Crippen molar-refractivity contribution in [2.75, 3.05) is 21.7 Å². The highest BCUT2D eigenvalue weighted by atomic mass is 16.2. The minimum atomic E-state index is -1.52. The van der Waals surface area contributed by atoms with E-state index in [2.05, 4.69) is 17.5 Å². The summed E-state index contributed by atoms with van der Waals surface area (Å²) in [6, 6.07) is 17.7. The molecule has 6 rings (SSSR count). The van der Waals surface area contributed by atoms with E-state index < -0.39 is 5.41 Å². The molecule has 2 aromatic rings. The lowest BCUT2D eigenvalue weighted by Crippen LogP contribution is -2.50. The van der Waals surface area contributed by atoms with Crippen molar-refractivity contribution in [3.05, 3.63) is 76.4 Å². The molecule has 3 N–H and O–H groups in total. The predicted octanol–water partition coefficient (Wildman–Crippen LogP) is 2.59. The summed E-state index contributed by atoms with van der Waals surface area (Å²) in [4.78, 5) is 17.4. The van der Waals surface area contributed by atoms with Crippen LogP contribution in [0.25, 0.3) is 0 Å². The van der Waals surface area contributed by atoms with Gasteiger partial charge in [0, 0.05) is 12.1 Å². The number of carbonyl (C=O) groups excluding carboxylic acids is 1. The van der Waals surface area contributed by atoms with Gasteiger partial charge in [0.2, 0.25) is 5.91 Å². The van der Waals surface area contributed by atoms with Crippen LogP contribution < -0.4 is 20.9 Å². The van der Waals surface area contributed by atoms with E-state index in [4.69, 9.17) is 5.73 Å². The van der Waals surface area contributed by atoms with E-state index in [1.54, 1.807) is 9.80 Å². The highest BCUT2D eigenvalue weighted by molar-refractivity contribution is 6.16. The number of nitrogens with two attached hydrogens (primary N) is 1. The Labute approximate surface area is 172 Å². The van der Waals surface area contributed by atoms with Crippen molar-refractivity contribution in [2.45, 2.75) is 18.3 Å². The van der Waals surface area contributed by atoms with Gasteiger partial charge in [0.1, 0.15) is 23.8 Å². The molecule has 0 unspecified atom stereocenters. The maximum absolute atomic E-state index is 14.0. The zero-order chi connectivity index (χ0) is 20.6. The quantitative estimate of drug-likeness (QED) is 0.713. The molecule has 0 aliphatic carbocycles. The zero-order valence-corrected chi connectivity index (χ0v) is 15.9. The van der Waals surface area contributed by atoms with Crippen molar-refractivity contribution in [1.29, 1.82) is 10.5 Å². The second-order valence-corrected chi connectivity index (χ2v) is 7.81. The number of carbonyl (C=O) groups is 1. The SMILES string of the molecule is N#CC1=C(N)N2C(=C(C#N)[C@@]13C(=O)N1CCCc4cccc3c41)Nc1ccccc12. The Bertz CT molecular complexity index is 1320. The number of fused-ring (bicyclic) bond motifs is 4. The maximum atomic E-state index is 14.0. The molecule has 0 saturated heterocycles. The van der Waals surface area contributed by atoms with Crippen molar-refractivity contribution < 1.29 is 4.79 Å². The molecule has 4 aliphatic rings. The van der Waals surface area contributed by atoms with Crippen LogP contribution in [0.3, 0.4) is 0 Å². The van der Waals surface area contributed by atoms with Gasteiger partial charge in [0.05, 0.1) is 28.2 Å². The first-order valence-corrected chi connectivity index (χ1v) is 9.80. The molecule has 7 heteroatoms. The third-order valence-electron chi connectivity index (χ3n) is 6.52. The molecular formula is C23H16N6O. The van der Waals surface area contributed by atoms with Crippen LogP contribution in [0.5, 0.6) is 0 Å². The number of benzene rings is 2. The number of aryl methyl sites for hydroxylation is 1. The van der Waals surface area contributed by atoms with Gasteiger partial charge in [0.15, 0.2) is 5.41 Å². The lowest BCUT2D eigenvalue weighted by molar-refractivity contribution is -0.120. The molecule has 144 valence electrons. The predicted molar refractivity (Wildman–Crippen MR) is 111 cm³/mol. The molecule has 0 saturated carbocycles. The van der Waals surface area contributed by atoms with Crippen LogP contribution >= 0.6 is 0 Å². The number of hydrogen-bond acceptors (Lipinski definition) is 6. The summed E-state index contributed by atoms with van der Waals surface area (Å²) in [5.41, 5.74) is 9.42. The molecule has 0 fully saturated rings. The van der Waals surface area contributed by atoms with Crippen LogP contribution in [0, 0.1) is 22.7 Å². The van der Waals surface area contributed by atoms with Gasteiger partial charge in [-0.1, -0.05) is 30.3 Å². The molecule has 1 amide bonds. The fourth-order valence-electron chi connectivity index (χ4n) is 5.34. The molecule has 2 aromatic carbocycles. The van der Waals surface area contributed by atoms with Crippen LogP contribution in [0.2, 0.25) is 0 Å². The first-order valence-electron chi connectivity index (χ1n) is 9.80. The summed E-state index contributed by atoms with van der Waals surface area (Å²) >= 11 is 0. The molecule has 4 heterocycles. The zero-order valence-electron chi connectivity index (χ0n) is 15.9. The third kappa shape index (κ3) is 1.64. The van der Waals surface area contributed by atoms with Gasteiger partial charge in [-0.3, -0.25) is 9.69 Å². The molecule has 1 spiro atoms. The molecule has 30 heavy (non-hydrogen) atoms. The standard InChI is InChI=1S/C23H16N6O/c24-11-15-20(26)29-18-9-2-1-8-17(18)27-21(29)16(12-25)23(15)14-7-3-5-13-6-4-10-28(19(13)14)22(23)30/h1-3,5,7-9,27H,4,6,10,26H2/t23-/m0/s1.